The summed E-state index contributed by atoms with van der Waals surface area (Å²) in [5.74, 6) is -0.415. The fourth-order valence-electron chi connectivity index (χ4n) is 5.11. The van der Waals surface area contributed by atoms with Gasteiger partial charge in [0.15, 0.2) is 5.60 Å². The van der Waals surface area contributed by atoms with Crippen LogP contribution in [0.1, 0.15) is 35.6 Å². The Kier molecular flexibility index (Phi) is 5.56. The molecule has 2 aliphatic heterocycles. The van der Waals surface area contributed by atoms with Crippen molar-refractivity contribution in [3.63, 3.8) is 0 Å². The van der Waals surface area contributed by atoms with Crippen LogP contribution in [0.15, 0.2) is 29.1 Å². The third-order valence-electron chi connectivity index (χ3n) is 7.12. The molecule has 0 unspecified atom stereocenters. The fourth-order valence-corrected chi connectivity index (χ4v) is 6.11. The predicted molar refractivity (Wildman–Crippen MR) is 137 cm³/mol. The number of hydrogen-bond acceptors (Lipinski definition) is 7. The summed E-state index contributed by atoms with van der Waals surface area (Å²) in [6, 6.07) is 7.91. The molecular formula is C26H29N3O6Si. The highest BCUT2D eigenvalue weighted by molar-refractivity contribution is 6.76. The van der Waals surface area contributed by atoms with Crippen molar-refractivity contribution in [2.75, 3.05) is 0 Å². The number of nitrogens with zero attached hydrogens (tertiary/aromatic N) is 2. The first-order valence-corrected chi connectivity index (χ1v) is 15.7. The summed E-state index contributed by atoms with van der Waals surface area (Å²) < 4.78 is 11.9. The lowest BCUT2D eigenvalue weighted by Gasteiger charge is -2.31. The Hall–Kier alpha value is -3.50. The molecule has 3 N–H and O–H groups in total. The smallest absolute Gasteiger partial charge is 0.409 e. The Labute approximate surface area is 208 Å². The van der Waals surface area contributed by atoms with Crippen molar-refractivity contribution in [3.05, 3.63) is 56.9 Å². The highest BCUT2D eigenvalue weighted by atomic mass is 28.3. The van der Waals surface area contributed by atoms with Crippen LogP contribution in [-0.4, -0.2) is 34.8 Å². The second kappa shape index (κ2) is 8.28. The van der Waals surface area contributed by atoms with E-state index in [-0.39, 0.29) is 18.6 Å². The zero-order valence-electron chi connectivity index (χ0n) is 20.8. The minimum Gasteiger partial charge on any atom is -0.458 e. The number of cyclic esters (lactones) is 1. The van der Waals surface area contributed by atoms with Gasteiger partial charge in [-0.2, -0.15) is 0 Å². The first-order chi connectivity index (χ1) is 16.9. The molecule has 4 heterocycles. The van der Waals surface area contributed by atoms with E-state index in [4.69, 9.17) is 20.2 Å². The minimum absolute atomic E-state index is 0.0871. The van der Waals surface area contributed by atoms with E-state index in [0.29, 0.717) is 40.3 Å². The maximum atomic E-state index is 13.5. The number of nitrogens with two attached hydrogens (primary N) is 1. The van der Waals surface area contributed by atoms with Gasteiger partial charge in [0.2, 0.25) is 0 Å². The molecule has 1 aromatic carbocycles. The second-order valence-electron chi connectivity index (χ2n) is 10.7. The number of aryl methyl sites for hydroxylation is 1. The number of primary amides is 1. The minimum atomic E-state index is -1.87. The molecule has 2 aliphatic rings. The van der Waals surface area contributed by atoms with Gasteiger partial charge in [-0.3, -0.25) is 4.79 Å². The van der Waals surface area contributed by atoms with Crippen molar-refractivity contribution in [2.24, 2.45) is 5.73 Å². The Morgan fingerprint density at radius 2 is 2.00 bits per heavy atom. The van der Waals surface area contributed by atoms with E-state index < -0.39 is 25.7 Å². The van der Waals surface area contributed by atoms with E-state index in [0.717, 1.165) is 29.0 Å². The number of rotatable bonds is 5. The topological polar surface area (TPSA) is 134 Å². The zero-order chi connectivity index (χ0) is 26.0. The van der Waals surface area contributed by atoms with Gasteiger partial charge < -0.3 is 24.9 Å². The summed E-state index contributed by atoms with van der Waals surface area (Å²) in [4.78, 5) is 42.2. The van der Waals surface area contributed by atoms with Crippen LogP contribution in [0.5, 0.6) is 5.75 Å². The highest BCUT2D eigenvalue weighted by Gasteiger charge is 2.45. The molecule has 0 bridgehead atoms. The molecule has 10 heteroatoms. The van der Waals surface area contributed by atoms with Crippen LogP contribution in [0.25, 0.3) is 22.3 Å². The van der Waals surface area contributed by atoms with Gasteiger partial charge in [-0.05, 0) is 42.7 Å². The van der Waals surface area contributed by atoms with Gasteiger partial charge in [0.05, 0.1) is 29.0 Å². The maximum Gasteiger partial charge on any atom is 0.409 e. The molecule has 0 saturated carbocycles. The van der Waals surface area contributed by atoms with E-state index in [1.54, 1.807) is 35.8 Å². The molecule has 2 aromatic heterocycles. The van der Waals surface area contributed by atoms with Gasteiger partial charge in [-0.1, -0.05) is 32.6 Å². The molecular weight excluding hydrogens is 478 g/mol. The van der Waals surface area contributed by atoms with Crippen molar-refractivity contribution < 1.29 is 24.2 Å². The summed E-state index contributed by atoms with van der Waals surface area (Å²) in [5, 5.41) is 12.0. The van der Waals surface area contributed by atoms with Gasteiger partial charge in [-0.15, -0.1) is 0 Å². The monoisotopic (exact) mass is 507 g/mol. The molecule has 5 rings (SSSR count). The largest absolute Gasteiger partial charge is 0.458 e. The van der Waals surface area contributed by atoms with Crippen LogP contribution in [-0.2, 0) is 34.7 Å². The quantitative estimate of drug-likeness (QED) is 0.312. The summed E-state index contributed by atoms with van der Waals surface area (Å²) in [6.45, 7) is 8.73. The number of carbonyl (C=O) groups is 2. The second-order valence-corrected chi connectivity index (χ2v) is 16.3. The van der Waals surface area contributed by atoms with Gasteiger partial charge in [0, 0.05) is 24.6 Å². The average molecular weight is 508 g/mol. The lowest BCUT2D eigenvalue weighted by atomic mass is 9.86. The molecule has 0 fully saturated rings. The molecule has 0 spiro atoms. The average Bonchev–Trinajstić information content (AvgIpc) is 3.17. The van der Waals surface area contributed by atoms with Crippen molar-refractivity contribution in [1.82, 2.24) is 9.55 Å². The van der Waals surface area contributed by atoms with Crippen molar-refractivity contribution in [3.8, 4) is 17.1 Å². The van der Waals surface area contributed by atoms with E-state index in [2.05, 4.69) is 19.6 Å². The molecule has 36 heavy (non-hydrogen) atoms. The van der Waals surface area contributed by atoms with Crippen LogP contribution in [0.3, 0.4) is 0 Å². The third kappa shape index (κ3) is 3.81. The number of carbonyl (C=O) groups excluding carboxylic acids is 2. The zero-order valence-corrected chi connectivity index (χ0v) is 21.8. The number of benzene rings is 1. The third-order valence-corrected chi connectivity index (χ3v) is 8.87. The van der Waals surface area contributed by atoms with Crippen molar-refractivity contribution >= 4 is 31.0 Å². The SMILES string of the molecule is CC[C@@]1(O)C(=O)OCc2c1cc1n(c2=O)Cc2c-1nc1ccc(OC(N)=O)cc1c2CC[Si](C)(C)C. The number of aliphatic hydroxyl groups is 1. The first kappa shape index (κ1) is 24.2. The first-order valence-electron chi connectivity index (χ1n) is 12.0. The maximum absolute atomic E-state index is 13.5. The van der Waals surface area contributed by atoms with Crippen LogP contribution < -0.4 is 16.0 Å². The van der Waals surface area contributed by atoms with Crippen molar-refractivity contribution in [1.29, 1.82) is 0 Å². The number of ether oxygens (including phenoxy) is 2. The lowest BCUT2D eigenvalue weighted by Crippen LogP contribution is -2.44. The van der Waals surface area contributed by atoms with Crippen LogP contribution in [0.2, 0.25) is 25.7 Å². The van der Waals surface area contributed by atoms with Gasteiger partial charge >= 0.3 is 12.1 Å². The summed E-state index contributed by atoms with van der Waals surface area (Å²) >= 11 is 0. The number of hydrogen-bond donors (Lipinski definition) is 2. The van der Waals surface area contributed by atoms with Crippen LogP contribution >= 0.6 is 0 Å². The fraction of sp³-hybridized carbons (Fsp3) is 0.385. The molecule has 0 aliphatic carbocycles. The van der Waals surface area contributed by atoms with E-state index >= 15 is 0 Å². The molecule has 9 nitrogen and oxygen atoms in total. The Balaban J connectivity index is 1.75. The molecule has 188 valence electrons. The Morgan fingerprint density at radius 1 is 1.25 bits per heavy atom. The number of aromatic nitrogens is 2. The van der Waals surface area contributed by atoms with Crippen molar-refractivity contribution in [2.45, 2.75) is 64.2 Å². The molecule has 0 radical (unpaired) electrons. The predicted octanol–water partition coefficient (Wildman–Crippen LogP) is 3.42. The number of pyridine rings is 2. The van der Waals surface area contributed by atoms with E-state index in [9.17, 15) is 19.5 Å². The molecule has 1 amide bonds. The molecule has 3 aromatic rings. The molecule has 0 saturated heterocycles. The summed E-state index contributed by atoms with van der Waals surface area (Å²) in [6.07, 6.45) is -0.0269. The van der Waals surface area contributed by atoms with Gasteiger partial charge in [0.1, 0.15) is 12.4 Å². The number of fused-ring (bicyclic) bond motifs is 5. The van der Waals surface area contributed by atoms with E-state index in [1.807, 2.05) is 0 Å². The van der Waals surface area contributed by atoms with Gasteiger partial charge in [-0.25, -0.2) is 14.6 Å². The summed E-state index contributed by atoms with van der Waals surface area (Å²) in [5.41, 5.74) is 7.54. The normalized spacial score (nSPS) is 18.4. The standard InChI is InChI=1S/C26H29N3O6Si/c1-5-26(33)19-11-21-22-17(12-29(21)23(30)18(19)13-34-24(26)31)15(8-9-36(2,3)4)16-10-14(35-25(27)32)6-7-20(16)28-22/h6-7,10-11,33H,5,8-9,12-13H2,1-4H3,(H2,27,32)/t26-/m0/s1. The summed E-state index contributed by atoms with van der Waals surface area (Å²) in [7, 11) is -1.42. The Morgan fingerprint density at radius 3 is 2.67 bits per heavy atom. The number of amides is 1. The van der Waals surface area contributed by atoms with E-state index in [1.165, 1.54) is 0 Å². The Bertz CT molecular complexity index is 1510. The number of esters is 1. The van der Waals surface area contributed by atoms with Gasteiger partial charge in [0.25, 0.3) is 5.56 Å². The van der Waals surface area contributed by atoms with Crippen LogP contribution in [0, 0.1) is 0 Å². The lowest BCUT2D eigenvalue weighted by molar-refractivity contribution is -0.172. The van der Waals surface area contributed by atoms with Crippen LogP contribution in [0.4, 0.5) is 4.79 Å². The highest BCUT2D eigenvalue weighted by Crippen LogP contribution is 2.41. The molecule has 1 atom stereocenters.